The van der Waals surface area contributed by atoms with E-state index < -0.39 is 35.6 Å². The smallest absolute Gasteiger partial charge is 0.310 e. The molecule has 0 aliphatic carbocycles. The van der Waals surface area contributed by atoms with Gasteiger partial charge in [0.2, 0.25) is 5.91 Å². The minimum absolute atomic E-state index is 0.0639. The number of anilines is 1. The highest BCUT2D eigenvalue weighted by Crippen LogP contribution is 2.58. The Hall–Kier alpha value is -2.71. The van der Waals surface area contributed by atoms with Crippen molar-refractivity contribution in [3.63, 3.8) is 0 Å². The molecule has 2 amide bonds. The van der Waals surface area contributed by atoms with Crippen LogP contribution in [0.2, 0.25) is 0 Å². The SMILES string of the molecule is C=CCN(C(=O)C1N(CCCCCO)C(=O)[C@@H]2[C@@H](C(=O)O)[C@H]3CCC12O3)c1c(C)cccc1C. The summed E-state index contributed by atoms with van der Waals surface area (Å²) in [4.78, 5) is 43.3. The monoisotopic (exact) mass is 470 g/mol. The minimum Gasteiger partial charge on any atom is -0.481 e. The predicted octanol–water partition coefficient (Wildman–Crippen LogP) is 2.44. The first kappa shape index (κ1) is 24.4. The number of hydrogen-bond acceptors (Lipinski definition) is 5. The van der Waals surface area contributed by atoms with E-state index >= 15 is 0 Å². The summed E-state index contributed by atoms with van der Waals surface area (Å²) in [7, 11) is 0. The Balaban J connectivity index is 1.76. The summed E-state index contributed by atoms with van der Waals surface area (Å²) in [5.41, 5.74) is 1.52. The van der Waals surface area contributed by atoms with Crippen molar-refractivity contribution in [2.24, 2.45) is 11.8 Å². The van der Waals surface area contributed by atoms with E-state index in [4.69, 9.17) is 9.84 Å². The highest BCUT2D eigenvalue weighted by Gasteiger charge is 2.74. The molecule has 8 heteroatoms. The normalized spacial score (nSPS) is 29.4. The number of aliphatic carboxylic acids is 1. The molecule has 0 saturated carbocycles. The number of benzene rings is 1. The molecule has 1 aromatic rings. The summed E-state index contributed by atoms with van der Waals surface area (Å²) < 4.78 is 6.29. The number of carboxylic acid groups (broad SMARTS) is 1. The molecule has 2 bridgehead atoms. The Morgan fingerprint density at radius 2 is 1.97 bits per heavy atom. The molecule has 5 atom stereocenters. The number of carbonyl (C=O) groups is 3. The maximum atomic E-state index is 14.3. The van der Waals surface area contributed by atoms with Gasteiger partial charge in [0, 0.05) is 25.4 Å². The van der Waals surface area contributed by atoms with Crippen molar-refractivity contribution in [2.75, 3.05) is 24.6 Å². The number of aliphatic hydroxyl groups excluding tert-OH is 1. The van der Waals surface area contributed by atoms with Crippen LogP contribution < -0.4 is 4.90 Å². The second-order valence-corrected chi connectivity index (χ2v) is 9.69. The summed E-state index contributed by atoms with van der Waals surface area (Å²) in [6.45, 7) is 8.37. The van der Waals surface area contributed by atoms with E-state index in [1.807, 2.05) is 32.0 Å². The Kier molecular flexibility index (Phi) is 6.82. The van der Waals surface area contributed by atoms with Crippen LogP contribution in [0.1, 0.15) is 43.2 Å². The fourth-order valence-corrected chi connectivity index (χ4v) is 6.32. The lowest BCUT2D eigenvalue weighted by atomic mass is 9.70. The fraction of sp³-hybridized carbons (Fsp3) is 0.577. The minimum atomic E-state index is -1.13. The van der Waals surface area contributed by atoms with Crippen LogP contribution in [0.4, 0.5) is 5.69 Å². The summed E-state index contributed by atoms with van der Waals surface area (Å²) >= 11 is 0. The van der Waals surface area contributed by atoms with Gasteiger partial charge >= 0.3 is 5.97 Å². The Morgan fingerprint density at radius 1 is 1.26 bits per heavy atom. The van der Waals surface area contributed by atoms with Crippen molar-refractivity contribution >= 4 is 23.5 Å². The molecule has 3 aliphatic rings. The van der Waals surface area contributed by atoms with Crippen LogP contribution in [0, 0.1) is 25.7 Å². The first-order chi connectivity index (χ1) is 16.3. The maximum absolute atomic E-state index is 14.3. The number of unbranched alkanes of at least 4 members (excludes halogenated alkanes) is 2. The van der Waals surface area contributed by atoms with Crippen molar-refractivity contribution < 1.29 is 29.3 Å². The second kappa shape index (κ2) is 9.50. The van der Waals surface area contributed by atoms with Crippen LogP contribution in [0.5, 0.6) is 0 Å². The van der Waals surface area contributed by atoms with Crippen molar-refractivity contribution in [1.82, 2.24) is 4.90 Å². The van der Waals surface area contributed by atoms with E-state index in [0.29, 0.717) is 38.6 Å². The molecular weight excluding hydrogens is 436 g/mol. The molecule has 4 rings (SSSR count). The number of para-hydroxylation sites is 1. The van der Waals surface area contributed by atoms with E-state index in [9.17, 15) is 19.5 Å². The molecule has 0 aromatic heterocycles. The molecule has 34 heavy (non-hydrogen) atoms. The number of aryl methyl sites for hydroxylation is 2. The lowest BCUT2D eigenvalue weighted by molar-refractivity contribution is -0.149. The third-order valence-electron chi connectivity index (χ3n) is 7.66. The number of fused-ring (bicyclic) bond motifs is 1. The number of carbonyl (C=O) groups excluding carboxylic acids is 2. The zero-order valence-electron chi connectivity index (χ0n) is 19.9. The molecule has 3 saturated heterocycles. The lowest BCUT2D eigenvalue weighted by Crippen LogP contribution is -2.56. The van der Waals surface area contributed by atoms with Gasteiger partial charge in [-0.3, -0.25) is 14.4 Å². The first-order valence-corrected chi connectivity index (χ1v) is 12.1. The van der Waals surface area contributed by atoms with Gasteiger partial charge in [0.15, 0.2) is 0 Å². The predicted molar refractivity (Wildman–Crippen MR) is 126 cm³/mol. The third-order valence-corrected chi connectivity index (χ3v) is 7.66. The molecule has 3 aliphatic heterocycles. The molecule has 0 radical (unpaired) electrons. The second-order valence-electron chi connectivity index (χ2n) is 9.69. The van der Waals surface area contributed by atoms with Crippen molar-refractivity contribution in [2.45, 2.75) is 63.7 Å². The Bertz CT molecular complexity index is 973. The number of aliphatic hydroxyl groups is 1. The van der Waals surface area contributed by atoms with E-state index in [-0.39, 0.29) is 25.0 Å². The Labute approximate surface area is 200 Å². The summed E-state index contributed by atoms with van der Waals surface area (Å²) in [5, 5.41) is 19.0. The number of amides is 2. The van der Waals surface area contributed by atoms with E-state index in [1.165, 1.54) is 0 Å². The maximum Gasteiger partial charge on any atom is 0.310 e. The molecule has 2 N–H and O–H groups in total. The van der Waals surface area contributed by atoms with Crippen LogP contribution in [-0.2, 0) is 19.1 Å². The van der Waals surface area contributed by atoms with E-state index in [1.54, 1.807) is 15.9 Å². The van der Waals surface area contributed by atoms with Crippen LogP contribution in [0.3, 0.4) is 0 Å². The van der Waals surface area contributed by atoms with Gasteiger partial charge in [0.1, 0.15) is 11.6 Å². The molecule has 3 fully saturated rings. The number of ether oxygens (including phenoxy) is 1. The average molecular weight is 471 g/mol. The quantitative estimate of drug-likeness (QED) is 0.402. The van der Waals surface area contributed by atoms with Gasteiger partial charge < -0.3 is 24.7 Å². The average Bonchev–Trinajstić information content (AvgIpc) is 3.43. The van der Waals surface area contributed by atoms with Crippen LogP contribution in [0.15, 0.2) is 30.9 Å². The van der Waals surface area contributed by atoms with Gasteiger partial charge in [0.05, 0.1) is 17.9 Å². The molecule has 3 heterocycles. The van der Waals surface area contributed by atoms with E-state index in [2.05, 4.69) is 6.58 Å². The van der Waals surface area contributed by atoms with Crippen molar-refractivity contribution in [3.8, 4) is 0 Å². The van der Waals surface area contributed by atoms with Gasteiger partial charge in [-0.2, -0.15) is 0 Å². The van der Waals surface area contributed by atoms with E-state index in [0.717, 1.165) is 16.8 Å². The first-order valence-electron chi connectivity index (χ1n) is 12.1. The Morgan fingerprint density at radius 3 is 2.59 bits per heavy atom. The molecule has 1 spiro atoms. The zero-order chi connectivity index (χ0) is 24.6. The molecule has 184 valence electrons. The summed E-state index contributed by atoms with van der Waals surface area (Å²) in [6, 6.07) is 4.92. The van der Waals surface area contributed by atoms with Gasteiger partial charge in [-0.15, -0.1) is 6.58 Å². The number of carboxylic acids is 1. The van der Waals surface area contributed by atoms with Crippen LogP contribution >= 0.6 is 0 Å². The van der Waals surface area contributed by atoms with Crippen LogP contribution in [-0.4, -0.2) is 70.3 Å². The molecule has 2 unspecified atom stereocenters. The highest BCUT2D eigenvalue weighted by atomic mass is 16.5. The summed E-state index contributed by atoms with van der Waals surface area (Å²) in [5.74, 6) is -3.42. The lowest BCUT2D eigenvalue weighted by Gasteiger charge is -2.37. The number of nitrogens with zero attached hydrogens (tertiary/aromatic N) is 2. The third kappa shape index (κ3) is 3.73. The van der Waals surface area contributed by atoms with Crippen LogP contribution in [0.25, 0.3) is 0 Å². The molecule has 8 nitrogen and oxygen atoms in total. The van der Waals surface area contributed by atoms with Gasteiger partial charge in [-0.1, -0.05) is 24.3 Å². The molecular formula is C26H34N2O6. The number of rotatable bonds is 10. The standard InChI is InChI=1S/C26H34N2O6/c1-4-13-27(21-16(2)9-8-10-17(21)3)24(31)22-26-12-11-18(34-26)19(25(32)33)20(26)23(30)28(22)14-6-5-7-15-29/h4,8-10,18-20,22,29H,1,5-7,11-15H2,2-3H3,(H,32,33)/t18-,19+,20+,22?,26?/m1/s1. The van der Waals surface area contributed by atoms with Gasteiger partial charge in [0.25, 0.3) is 5.91 Å². The largest absolute Gasteiger partial charge is 0.481 e. The number of hydrogen-bond donors (Lipinski definition) is 2. The fourth-order valence-electron chi connectivity index (χ4n) is 6.32. The van der Waals surface area contributed by atoms with Gasteiger partial charge in [-0.05, 0) is 57.1 Å². The topological polar surface area (TPSA) is 107 Å². The number of likely N-dealkylation sites (tertiary alicyclic amines) is 1. The molecule has 1 aromatic carbocycles. The van der Waals surface area contributed by atoms with Crippen molar-refractivity contribution in [1.29, 1.82) is 0 Å². The van der Waals surface area contributed by atoms with Gasteiger partial charge in [-0.25, -0.2) is 0 Å². The summed E-state index contributed by atoms with van der Waals surface area (Å²) in [6.07, 6.45) is 4.05. The highest BCUT2D eigenvalue weighted by molar-refractivity contribution is 6.05. The van der Waals surface area contributed by atoms with Crippen molar-refractivity contribution in [3.05, 3.63) is 42.0 Å². The zero-order valence-corrected chi connectivity index (χ0v) is 19.9.